The van der Waals surface area contributed by atoms with Gasteiger partial charge >= 0.3 is 0 Å². The van der Waals surface area contributed by atoms with Gasteiger partial charge in [0.25, 0.3) is 0 Å². The summed E-state index contributed by atoms with van der Waals surface area (Å²) >= 11 is 1.66. The van der Waals surface area contributed by atoms with Crippen molar-refractivity contribution in [2.75, 3.05) is 11.4 Å². The zero-order valence-corrected chi connectivity index (χ0v) is 12.7. The van der Waals surface area contributed by atoms with Gasteiger partial charge in [-0.2, -0.15) is 0 Å². The summed E-state index contributed by atoms with van der Waals surface area (Å²) in [6.07, 6.45) is 7.70. The maximum Gasteiger partial charge on any atom is 0.214 e. The molecule has 6 nitrogen and oxygen atoms in total. The number of aryl methyl sites for hydroxylation is 1. The molecule has 21 heavy (non-hydrogen) atoms. The van der Waals surface area contributed by atoms with Crippen LogP contribution in [0.1, 0.15) is 36.0 Å². The number of anilines is 1. The number of rotatable bonds is 2. The van der Waals surface area contributed by atoms with Crippen LogP contribution in [0.2, 0.25) is 0 Å². The van der Waals surface area contributed by atoms with Gasteiger partial charge in [0.2, 0.25) is 10.1 Å². The van der Waals surface area contributed by atoms with Gasteiger partial charge in [0.05, 0.1) is 30.5 Å². The smallest absolute Gasteiger partial charge is 0.214 e. The van der Waals surface area contributed by atoms with Gasteiger partial charge in [0, 0.05) is 24.7 Å². The Morgan fingerprint density at radius 2 is 2.24 bits per heavy atom. The van der Waals surface area contributed by atoms with E-state index >= 15 is 0 Å². The lowest BCUT2D eigenvalue weighted by Crippen LogP contribution is -2.31. The van der Waals surface area contributed by atoms with E-state index in [2.05, 4.69) is 24.5 Å². The zero-order valence-electron chi connectivity index (χ0n) is 11.9. The Balaban J connectivity index is 1.46. The Bertz CT molecular complexity index is 792. The van der Waals surface area contributed by atoms with Crippen molar-refractivity contribution in [3.63, 3.8) is 0 Å². The van der Waals surface area contributed by atoms with Crippen molar-refractivity contribution in [1.29, 1.82) is 0 Å². The fourth-order valence-electron chi connectivity index (χ4n) is 3.09. The van der Waals surface area contributed by atoms with Crippen LogP contribution in [-0.4, -0.2) is 30.7 Å². The third-order valence-electron chi connectivity index (χ3n) is 4.31. The summed E-state index contributed by atoms with van der Waals surface area (Å²) in [4.78, 5) is 12.4. The van der Waals surface area contributed by atoms with Crippen LogP contribution in [0.4, 0.5) is 5.13 Å². The van der Waals surface area contributed by atoms with Crippen LogP contribution in [0.5, 0.6) is 0 Å². The summed E-state index contributed by atoms with van der Waals surface area (Å²) in [5, 5.41) is 5.69. The molecule has 0 bridgehead atoms. The van der Waals surface area contributed by atoms with Crippen LogP contribution in [0.3, 0.4) is 0 Å². The van der Waals surface area contributed by atoms with E-state index in [0.29, 0.717) is 0 Å². The molecule has 2 aliphatic rings. The molecule has 3 aromatic rings. The van der Waals surface area contributed by atoms with Crippen LogP contribution >= 0.6 is 11.3 Å². The molecule has 0 saturated heterocycles. The molecule has 0 N–H and O–H groups in total. The van der Waals surface area contributed by atoms with E-state index < -0.39 is 0 Å². The maximum absolute atomic E-state index is 4.65. The quantitative estimate of drug-likeness (QED) is 0.728. The second kappa shape index (κ2) is 4.07. The van der Waals surface area contributed by atoms with Crippen molar-refractivity contribution in [1.82, 2.24) is 24.1 Å². The lowest BCUT2D eigenvalue weighted by atomic mass is 10.1. The number of hydrogen-bond acceptors (Lipinski definition) is 5. The van der Waals surface area contributed by atoms with Gasteiger partial charge < -0.3 is 9.47 Å². The average Bonchev–Trinajstić information content (AvgIpc) is 2.96. The first kappa shape index (κ1) is 11.7. The van der Waals surface area contributed by atoms with Gasteiger partial charge in [0.1, 0.15) is 0 Å². The standard InChI is InChI=1S/C14H16N6S/c1-9-6-20-13(16-9)21-14(17-20)18-5-4-12-11(7-18)15-8-19(12)10-2-3-10/h6,8,10H,2-5,7H2,1H3. The van der Waals surface area contributed by atoms with E-state index in [-0.39, 0.29) is 0 Å². The van der Waals surface area contributed by atoms with E-state index in [9.17, 15) is 0 Å². The van der Waals surface area contributed by atoms with Gasteiger partial charge in [-0.15, -0.1) is 5.10 Å². The molecule has 1 saturated carbocycles. The molecule has 3 aromatic heterocycles. The van der Waals surface area contributed by atoms with Crippen LogP contribution in [-0.2, 0) is 13.0 Å². The number of imidazole rings is 2. The minimum atomic E-state index is 0.721. The highest BCUT2D eigenvalue weighted by atomic mass is 32.1. The summed E-state index contributed by atoms with van der Waals surface area (Å²) in [5.41, 5.74) is 3.67. The number of hydrogen-bond donors (Lipinski definition) is 0. The average molecular weight is 300 g/mol. The van der Waals surface area contributed by atoms with Gasteiger partial charge in [-0.25, -0.2) is 14.5 Å². The molecule has 1 aliphatic carbocycles. The molecule has 7 heteroatoms. The highest BCUT2D eigenvalue weighted by molar-refractivity contribution is 7.20. The minimum Gasteiger partial charge on any atom is -0.340 e. The van der Waals surface area contributed by atoms with Crippen LogP contribution in [0, 0.1) is 6.92 Å². The fraction of sp³-hybridized carbons (Fsp3) is 0.500. The van der Waals surface area contributed by atoms with E-state index in [0.717, 1.165) is 41.3 Å². The van der Waals surface area contributed by atoms with E-state index in [1.807, 2.05) is 24.0 Å². The molecule has 0 unspecified atom stereocenters. The molecule has 0 aromatic carbocycles. The summed E-state index contributed by atoms with van der Waals surface area (Å²) in [5.74, 6) is 0. The highest BCUT2D eigenvalue weighted by Crippen LogP contribution is 2.38. The van der Waals surface area contributed by atoms with E-state index in [1.165, 1.54) is 24.2 Å². The molecular formula is C14H16N6S. The summed E-state index contributed by atoms with van der Waals surface area (Å²) in [7, 11) is 0. The molecule has 1 aliphatic heterocycles. The normalized spacial score (nSPS) is 18.4. The molecule has 0 amide bonds. The third kappa shape index (κ3) is 1.80. The predicted molar refractivity (Wildman–Crippen MR) is 80.9 cm³/mol. The Hall–Kier alpha value is -1.89. The predicted octanol–water partition coefficient (Wildman–Crippen LogP) is 2.19. The first-order valence-electron chi connectivity index (χ1n) is 7.40. The van der Waals surface area contributed by atoms with Crippen molar-refractivity contribution in [2.24, 2.45) is 0 Å². The topological polar surface area (TPSA) is 51.2 Å². The zero-order chi connectivity index (χ0) is 14.0. The lowest BCUT2D eigenvalue weighted by molar-refractivity contribution is 0.638. The maximum atomic E-state index is 4.65. The Morgan fingerprint density at radius 3 is 3.05 bits per heavy atom. The van der Waals surface area contributed by atoms with Crippen molar-refractivity contribution in [2.45, 2.75) is 38.8 Å². The van der Waals surface area contributed by atoms with E-state index in [1.54, 1.807) is 11.3 Å². The van der Waals surface area contributed by atoms with Gasteiger partial charge in [0.15, 0.2) is 0 Å². The Morgan fingerprint density at radius 1 is 1.33 bits per heavy atom. The molecule has 0 spiro atoms. The third-order valence-corrected chi connectivity index (χ3v) is 5.29. The first-order valence-corrected chi connectivity index (χ1v) is 8.22. The summed E-state index contributed by atoms with van der Waals surface area (Å²) in [6.45, 7) is 3.88. The molecule has 108 valence electrons. The number of fused-ring (bicyclic) bond motifs is 2. The summed E-state index contributed by atoms with van der Waals surface area (Å²) < 4.78 is 4.28. The first-order chi connectivity index (χ1) is 10.3. The monoisotopic (exact) mass is 300 g/mol. The molecule has 5 rings (SSSR count). The van der Waals surface area contributed by atoms with Crippen LogP contribution in [0.15, 0.2) is 12.5 Å². The fourth-order valence-corrected chi connectivity index (χ4v) is 4.04. The van der Waals surface area contributed by atoms with Crippen molar-refractivity contribution < 1.29 is 0 Å². The molecular weight excluding hydrogens is 284 g/mol. The SMILES string of the molecule is Cc1cn2nc(N3CCc4c(ncn4C4CC4)C3)sc2n1. The van der Waals surface area contributed by atoms with Gasteiger partial charge in [-0.1, -0.05) is 11.3 Å². The van der Waals surface area contributed by atoms with Crippen molar-refractivity contribution in [3.8, 4) is 0 Å². The van der Waals surface area contributed by atoms with Crippen molar-refractivity contribution >= 4 is 21.4 Å². The second-order valence-corrected chi connectivity index (χ2v) is 6.88. The molecule has 0 atom stereocenters. The second-order valence-electron chi connectivity index (χ2n) is 5.94. The van der Waals surface area contributed by atoms with E-state index in [4.69, 9.17) is 0 Å². The summed E-state index contributed by atoms with van der Waals surface area (Å²) in [6, 6.07) is 0.721. The lowest BCUT2D eigenvalue weighted by Gasteiger charge is -2.26. The minimum absolute atomic E-state index is 0.721. The van der Waals surface area contributed by atoms with Gasteiger partial charge in [-0.3, -0.25) is 0 Å². The Labute approximate surface area is 126 Å². The van der Waals surface area contributed by atoms with Crippen LogP contribution in [0.25, 0.3) is 4.96 Å². The molecule has 4 heterocycles. The van der Waals surface area contributed by atoms with Crippen molar-refractivity contribution in [3.05, 3.63) is 29.6 Å². The number of aromatic nitrogens is 5. The highest BCUT2D eigenvalue weighted by Gasteiger charge is 2.30. The largest absolute Gasteiger partial charge is 0.340 e. The molecule has 1 fully saturated rings. The van der Waals surface area contributed by atoms with Gasteiger partial charge in [-0.05, 0) is 19.8 Å². The Kier molecular flexibility index (Phi) is 2.27. The van der Waals surface area contributed by atoms with Crippen LogP contribution < -0.4 is 4.90 Å². The molecule has 0 radical (unpaired) electrons. The number of nitrogens with zero attached hydrogens (tertiary/aromatic N) is 6.